The maximum Gasteiger partial charge on any atom is 0.242 e. The van der Waals surface area contributed by atoms with Crippen LogP contribution in [0.2, 0.25) is 0 Å². The fourth-order valence-electron chi connectivity index (χ4n) is 4.51. The van der Waals surface area contributed by atoms with E-state index in [9.17, 15) is 9.59 Å². The maximum atomic E-state index is 13.5. The highest BCUT2D eigenvalue weighted by Crippen LogP contribution is 2.36. The number of para-hydroxylation sites is 2. The highest BCUT2D eigenvalue weighted by Gasteiger charge is 2.41. The summed E-state index contributed by atoms with van der Waals surface area (Å²) in [6.07, 6.45) is 6.71. The first kappa shape index (κ1) is 21.6. The summed E-state index contributed by atoms with van der Waals surface area (Å²) in [6.45, 7) is 1.21. The number of fused-ring (bicyclic) bond motifs is 1. The van der Waals surface area contributed by atoms with Crippen LogP contribution in [0.25, 0.3) is 10.9 Å². The van der Waals surface area contributed by atoms with E-state index < -0.39 is 0 Å². The molecule has 1 aromatic heterocycles. The van der Waals surface area contributed by atoms with Crippen molar-refractivity contribution in [3.8, 4) is 5.75 Å². The maximum absolute atomic E-state index is 13.5. The van der Waals surface area contributed by atoms with Gasteiger partial charge in [0.2, 0.25) is 11.8 Å². The van der Waals surface area contributed by atoms with E-state index in [1.807, 2.05) is 52.4 Å². The third kappa shape index (κ3) is 4.90. The Hall–Kier alpha value is -3.28. The molecule has 2 saturated carbocycles. The molecule has 0 spiro atoms. The highest BCUT2D eigenvalue weighted by molar-refractivity contribution is 5.88. The van der Waals surface area contributed by atoms with Crippen molar-refractivity contribution < 1.29 is 14.3 Å². The normalized spacial score (nSPS) is 15.4. The molecule has 0 unspecified atom stereocenters. The molecule has 1 N–H and O–H groups in total. The molecule has 2 aliphatic rings. The van der Waals surface area contributed by atoms with Crippen molar-refractivity contribution in [2.75, 3.05) is 20.2 Å². The van der Waals surface area contributed by atoms with E-state index in [2.05, 4.69) is 17.1 Å². The number of aromatic nitrogens is 1. The number of ether oxygens (including phenoxy) is 1. The number of methoxy groups -OCH3 is 1. The summed E-state index contributed by atoms with van der Waals surface area (Å²) in [6, 6.07) is 16.3. The molecule has 2 aromatic carbocycles. The topological polar surface area (TPSA) is 65.6 Å². The van der Waals surface area contributed by atoms with Gasteiger partial charge < -0.3 is 19.5 Å². The average molecular weight is 446 g/mol. The first-order chi connectivity index (χ1) is 16.1. The zero-order valence-electron chi connectivity index (χ0n) is 19.1. The highest BCUT2D eigenvalue weighted by atomic mass is 16.5. The van der Waals surface area contributed by atoms with E-state index in [0.29, 0.717) is 13.1 Å². The number of carbonyl (C=O) groups excluding carboxylic acids is 2. The lowest BCUT2D eigenvalue weighted by molar-refractivity contribution is -0.142. The number of hydrogen-bond donors (Lipinski definition) is 1. The van der Waals surface area contributed by atoms with Crippen LogP contribution in [0, 0.1) is 5.92 Å². The van der Waals surface area contributed by atoms with Crippen LogP contribution in [-0.4, -0.2) is 52.8 Å². The lowest BCUT2D eigenvalue weighted by atomic mass is 10.1. The second kappa shape index (κ2) is 9.30. The number of hydrogen-bond acceptors (Lipinski definition) is 3. The van der Waals surface area contributed by atoms with Gasteiger partial charge >= 0.3 is 0 Å². The first-order valence-corrected chi connectivity index (χ1v) is 11.9. The molecule has 2 fully saturated rings. The van der Waals surface area contributed by atoms with E-state index in [1.165, 1.54) is 10.9 Å². The second-order valence-corrected chi connectivity index (χ2v) is 9.21. The molecule has 3 aromatic rings. The van der Waals surface area contributed by atoms with Crippen molar-refractivity contribution in [2.45, 2.75) is 44.7 Å². The van der Waals surface area contributed by atoms with Gasteiger partial charge in [0.1, 0.15) is 12.3 Å². The van der Waals surface area contributed by atoms with Crippen molar-refractivity contribution in [3.05, 3.63) is 65.9 Å². The summed E-state index contributed by atoms with van der Waals surface area (Å²) >= 11 is 0. The number of nitrogens with zero attached hydrogens (tertiary/aromatic N) is 2. The Bertz CT molecular complexity index is 1150. The average Bonchev–Trinajstić information content (AvgIpc) is 3.77. The second-order valence-electron chi connectivity index (χ2n) is 9.21. The van der Waals surface area contributed by atoms with Crippen LogP contribution < -0.4 is 4.74 Å². The molecule has 0 aliphatic heterocycles. The summed E-state index contributed by atoms with van der Waals surface area (Å²) < 4.78 is 5.53. The lowest BCUT2D eigenvalue weighted by Gasteiger charge is -2.28. The van der Waals surface area contributed by atoms with Gasteiger partial charge in [-0.25, -0.2) is 0 Å². The van der Waals surface area contributed by atoms with Gasteiger partial charge in [-0.1, -0.05) is 36.4 Å². The fourth-order valence-corrected chi connectivity index (χ4v) is 4.51. The number of rotatable bonds is 10. The van der Waals surface area contributed by atoms with Crippen LogP contribution >= 0.6 is 0 Å². The number of benzene rings is 2. The molecule has 6 heteroatoms. The minimum absolute atomic E-state index is 0.00153. The summed E-state index contributed by atoms with van der Waals surface area (Å²) in [5.41, 5.74) is 3.26. The Labute approximate surface area is 194 Å². The van der Waals surface area contributed by atoms with Crippen molar-refractivity contribution >= 4 is 22.7 Å². The molecule has 0 radical (unpaired) electrons. The predicted molar refractivity (Wildman–Crippen MR) is 128 cm³/mol. The van der Waals surface area contributed by atoms with Gasteiger partial charge in [0.25, 0.3) is 0 Å². The molecule has 1 heterocycles. The molecule has 2 aliphatic carbocycles. The van der Waals surface area contributed by atoms with E-state index >= 15 is 0 Å². The Morgan fingerprint density at radius 1 is 1.00 bits per heavy atom. The summed E-state index contributed by atoms with van der Waals surface area (Å²) in [5, 5.41) is 1.19. The van der Waals surface area contributed by atoms with Crippen LogP contribution in [0.4, 0.5) is 0 Å². The van der Waals surface area contributed by atoms with Gasteiger partial charge in [-0.05, 0) is 49.8 Å². The SMILES string of the molecule is COc1ccccc1CN(CCc1c[nH]c2ccccc12)C(=O)CN(C(=O)C1CC1)C1CC1. The minimum atomic E-state index is 0.00153. The van der Waals surface area contributed by atoms with E-state index in [-0.39, 0.29) is 30.3 Å². The Balaban J connectivity index is 1.35. The van der Waals surface area contributed by atoms with E-state index in [0.717, 1.165) is 48.9 Å². The molecule has 2 amide bonds. The Kier molecular flexibility index (Phi) is 6.07. The zero-order valence-corrected chi connectivity index (χ0v) is 19.1. The monoisotopic (exact) mass is 445 g/mol. The van der Waals surface area contributed by atoms with Gasteiger partial charge in [-0.15, -0.1) is 0 Å². The third-order valence-corrected chi connectivity index (χ3v) is 6.74. The molecular weight excluding hydrogens is 414 g/mol. The molecule has 6 nitrogen and oxygen atoms in total. The van der Waals surface area contributed by atoms with Crippen LogP contribution in [0.1, 0.15) is 36.8 Å². The Morgan fingerprint density at radius 3 is 2.52 bits per heavy atom. The summed E-state index contributed by atoms with van der Waals surface area (Å²) in [5.74, 6) is 1.07. The molecule has 0 saturated heterocycles. The van der Waals surface area contributed by atoms with Gasteiger partial charge in [0.05, 0.1) is 7.11 Å². The zero-order chi connectivity index (χ0) is 22.8. The molecule has 0 atom stereocenters. The van der Waals surface area contributed by atoms with Crippen molar-refractivity contribution in [3.63, 3.8) is 0 Å². The van der Waals surface area contributed by atoms with Crippen molar-refractivity contribution in [1.82, 2.24) is 14.8 Å². The number of nitrogens with one attached hydrogen (secondary N) is 1. The van der Waals surface area contributed by atoms with Crippen LogP contribution in [0.3, 0.4) is 0 Å². The lowest BCUT2D eigenvalue weighted by Crippen LogP contribution is -2.44. The van der Waals surface area contributed by atoms with Crippen molar-refractivity contribution in [1.29, 1.82) is 0 Å². The molecule has 5 rings (SSSR count). The van der Waals surface area contributed by atoms with Crippen LogP contribution in [0.5, 0.6) is 5.75 Å². The Morgan fingerprint density at radius 2 is 1.76 bits per heavy atom. The molecular formula is C27H31N3O3. The molecule has 0 bridgehead atoms. The molecule has 33 heavy (non-hydrogen) atoms. The van der Waals surface area contributed by atoms with Gasteiger partial charge in [0.15, 0.2) is 0 Å². The number of H-pyrrole nitrogens is 1. The standard InChI is InChI=1S/C27H31N3O3/c1-33-25-9-5-2-6-21(25)17-29(15-14-20-16-28-24-8-4-3-7-23(20)24)26(31)18-30(22-12-13-22)27(32)19-10-11-19/h2-9,16,19,22,28H,10-15,17-18H2,1H3. The van der Waals surface area contributed by atoms with Gasteiger partial charge in [-0.2, -0.15) is 0 Å². The number of aromatic amines is 1. The molecule has 172 valence electrons. The summed E-state index contributed by atoms with van der Waals surface area (Å²) in [4.78, 5) is 33.4. The fraction of sp³-hybridized carbons (Fsp3) is 0.407. The minimum Gasteiger partial charge on any atom is -0.496 e. The van der Waals surface area contributed by atoms with Crippen molar-refractivity contribution in [2.24, 2.45) is 5.92 Å². The quantitative estimate of drug-likeness (QED) is 0.510. The largest absolute Gasteiger partial charge is 0.496 e. The van der Waals surface area contributed by atoms with Crippen LogP contribution in [-0.2, 0) is 22.6 Å². The smallest absolute Gasteiger partial charge is 0.242 e. The van der Waals surface area contributed by atoms with E-state index in [1.54, 1.807) is 7.11 Å². The third-order valence-electron chi connectivity index (χ3n) is 6.74. The first-order valence-electron chi connectivity index (χ1n) is 11.9. The predicted octanol–water partition coefficient (Wildman–Crippen LogP) is 4.15. The number of carbonyl (C=O) groups is 2. The number of amides is 2. The van der Waals surface area contributed by atoms with Gasteiger partial charge in [0, 0.05) is 47.7 Å². The summed E-state index contributed by atoms with van der Waals surface area (Å²) in [7, 11) is 1.65. The van der Waals surface area contributed by atoms with Crippen LogP contribution in [0.15, 0.2) is 54.7 Å². The van der Waals surface area contributed by atoms with Gasteiger partial charge in [-0.3, -0.25) is 9.59 Å². The van der Waals surface area contributed by atoms with E-state index in [4.69, 9.17) is 4.74 Å².